The number of benzene rings is 2. The number of hydrogen-bond donors (Lipinski definition) is 2. The maximum atomic E-state index is 11.8. The molecule has 0 spiro atoms. The average molecular weight is 348 g/mol. The van der Waals surface area contributed by atoms with Crippen LogP contribution < -0.4 is 20.5 Å². The number of rotatable bonds is 5. The summed E-state index contributed by atoms with van der Waals surface area (Å²) < 4.78 is 10.4. The van der Waals surface area contributed by atoms with Crippen molar-refractivity contribution in [2.45, 2.75) is 0 Å². The number of amidine groups is 1. The largest absolute Gasteiger partial charge is 0.454 e. The first-order chi connectivity index (χ1) is 11.6. The summed E-state index contributed by atoms with van der Waals surface area (Å²) in [5.41, 5.74) is 6.99. The van der Waals surface area contributed by atoms with Crippen LogP contribution in [0.2, 0.25) is 5.02 Å². The fraction of sp³-hybridized carbons (Fsp3) is 0.125. The molecule has 0 radical (unpaired) electrons. The van der Waals surface area contributed by atoms with Crippen molar-refractivity contribution in [3.63, 3.8) is 0 Å². The van der Waals surface area contributed by atoms with Gasteiger partial charge >= 0.3 is 0 Å². The van der Waals surface area contributed by atoms with E-state index >= 15 is 0 Å². The van der Waals surface area contributed by atoms with Gasteiger partial charge in [0, 0.05) is 22.3 Å². The highest BCUT2D eigenvalue weighted by atomic mass is 35.5. The number of amides is 1. The minimum atomic E-state index is -0.374. The molecule has 2 aromatic carbocycles. The molecule has 24 heavy (non-hydrogen) atoms. The Kier molecular flexibility index (Phi) is 4.72. The fourth-order valence-electron chi connectivity index (χ4n) is 2.01. The van der Waals surface area contributed by atoms with Crippen molar-refractivity contribution in [2.24, 2.45) is 10.9 Å². The van der Waals surface area contributed by atoms with Gasteiger partial charge in [-0.05, 0) is 36.4 Å². The van der Waals surface area contributed by atoms with Gasteiger partial charge in [-0.25, -0.2) is 0 Å². The lowest BCUT2D eigenvalue weighted by Crippen LogP contribution is -2.19. The number of carbonyl (C=O) groups is 1. The topological polar surface area (TPSA) is 95.2 Å². The number of carbonyl (C=O) groups excluding carboxylic acids is 1. The Morgan fingerprint density at radius 3 is 2.75 bits per heavy atom. The van der Waals surface area contributed by atoms with Gasteiger partial charge in [-0.2, -0.15) is 0 Å². The number of anilines is 1. The molecule has 0 saturated carbocycles. The number of fused-ring (bicyclic) bond motifs is 1. The number of nitrogens with zero attached hydrogens (tertiary/aromatic N) is 1. The highest BCUT2D eigenvalue weighted by Gasteiger charge is 2.14. The quantitative estimate of drug-likeness (QED) is 0.492. The minimum Gasteiger partial charge on any atom is -0.454 e. The lowest BCUT2D eigenvalue weighted by atomic mass is 10.2. The van der Waals surface area contributed by atoms with Crippen molar-refractivity contribution in [2.75, 3.05) is 18.7 Å². The summed E-state index contributed by atoms with van der Waals surface area (Å²) >= 11 is 5.79. The zero-order valence-electron chi connectivity index (χ0n) is 12.5. The Bertz CT molecular complexity index is 777. The van der Waals surface area contributed by atoms with Gasteiger partial charge in [0.25, 0.3) is 5.91 Å². The summed E-state index contributed by atoms with van der Waals surface area (Å²) in [6.07, 6.45) is 0. The third kappa shape index (κ3) is 3.88. The summed E-state index contributed by atoms with van der Waals surface area (Å²) in [6.45, 7) is -0.0999. The number of nitrogens with two attached hydrogens (primary N) is 1. The van der Waals surface area contributed by atoms with Crippen LogP contribution in [0.15, 0.2) is 47.6 Å². The molecule has 3 N–H and O–H groups in total. The predicted molar refractivity (Wildman–Crippen MR) is 89.3 cm³/mol. The zero-order chi connectivity index (χ0) is 16.9. The first-order valence-electron chi connectivity index (χ1n) is 7.03. The van der Waals surface area contributed by atoms with E-state index in [1.165, 1.54) is 0 Å². The molecule has 3 rings (SSSR count). The van der Waals surface area contributed by atoms with Gasteiger partial charge < -0.3 is 25.4 Å². The van der Waals surface area contributed by atoms with Gasteiger partial charge in [-0.1, -0.05) is 16.8 Å². The van der Waals surface area contributed by atoms with Crippen molar-refractivity contribution in [1.29, 1.82) is 0 Å². The second kappa shape index (κ2) is 7.10. The van der Waals surface area contributed by atoms with Gasteiger partial charge in [0.2, 0.25) is 6.79 Å². The summed E-state index contributed by atoms with van der Waals surface area (Å²) in [4.78, 5) is 16.8. The van der Waals surface area contributed by atoms with Crippen molar-refractivity contribution in [3.05, 3.63) is 53.1 Å². The molecule has 7 nitrogen and oxygen atoms in total. The van der Waals surface area contributed by atoms with Gasteiger partial charge in [0.15, 0.2) is 23.9 Å². The number of ether oxygens (including phenoxy) is 2. The van der Waals surface area contributed by atoms with Crippen LogP contribution in [0.25, 0.3) is 0 Å². The minimum absolute atomic E-state index is 0.155. The van der Waals surface area contributed by atoms with Crippen LogP contribution in [-0.2, 0) is 9.63 Å². The molecule has 0 saturated heterocycles. The lowest BCUT2D eigenvalue weighted by molar-refractivity contribution is -0.120. The van der Waals surface area contributed by atoms with E-state index in [9.17, 15) is 4.79 Å². The Hall–Kier alpha value is -2.93. The van der Waals surface area contributed by atoms with Gasteiger partial charge in [0.05, 0.1) is 0 Å². The number of oxime groups is 1. The standard InChI is InChI=1S/C16H14ClN3O4/c17-11-3-1-10(2-4-11)16(18)20-24-8-15(21)19-12-5-6-13-14(7-12)23-9-22-13/h1-7H,8-9H2,(H2,18,20)(H,19,21). The Labute approximate surface area is 142 Å². The molecular formula is C16H14ClN3O4. The summed E-state index contributed by atoms with van der Waals surface area (Å²) in [7, 11) is 0. The van der Waals surface area contributed by atoms with E-state index in [1.807, 2.05) is 0 Å². The molecule has 0 aliphatic carbocycles. The molecule has 1 aliphatic rings. The molecule has 1 amide bonds. The first-order valence-corrected chi connectivity index (χ1v) is 7.40. The second-order valence-corrected chi connectivity index (χ2v) is 5.31. The van der Waals surface area contributed by atoms with Crippen LogP contribution in [0.4, 0.5) is 5.69 Å². The van der Waals surface area contributed by atoms with Crippen molar-refractivity contribution >= 4 is 29.0 Å². The van der Waals surface area contributed by atoms with Crippen LogP contribution in [-0.4, -0.2) is 25.1 Å². The number of halogens is 1. The Balaban J connectivity index is 1.52. The second-order valence-electron chi connectivity index (χ2n) is 4.87. The van der Waals surface area contributed by atoms with E-state index in [4.69, 9.17) is 31.6 Å². The fourth-order valence-corrected chi connectivity index (χ4v) is 2.13. The van der Waals surface area contributed by atoms with E-state index in [0.29, 0.717) is 27.8 Å². The first kappa shape index (κ1) is 15.9. The van der Waals surface area contributed by atoms with Crippen molar-refractivity contribution in [1.82, 2.24) is 0 Å². The monoisotopic (exact) mass is 347 g/mol. The zero-order valence-corrected chi connectivity index (χ0v) is 13.2. The molecule has 1 heterocycles. The third-order valence-electron chi connectivity index (χ3n) is 3.15. The van der Waals surface area contributed by atoms with E-state index in [2.05, 4.69) is 10.5 Å². The average Bonchev–Trinajstić information content (AvgIpc) is 3.03. The molecular weight excluding hydrogens is 334 g/mol. The summed E-state index contributed by atoms with van der Waals surface area (Å²) in [6, 6.07) is 11.9. The molecule has 1 aliphatic heterocycles. The van der Waals surface area contributed by atoms with Crippen molar-refractivity contribution in [3.8, 4) is 11.5 Å². The van der Waals surface area contributed by atoms with Gasteiger partial charge in [-0.15, -0.1) is 0 Å². The highest BCUT2D eigenvalue weighted by molar-refractivity contribution is 6.30. The highest BCUT2D eigenvalue weighted by Crippen LogP contribution is 2.34. The molecule has 124 valence electrons. The van der Waals surface area contributed by atoms with Crippen LogP contribution in [0, 0.1) is 0 Å². The van der Waals surface area contributed by atoms with Gasteiger partial charge in [-0.3, -0.25) is 4.79 Å². The smallest absolute Gasteiger partial charge is 0.265 e. The van der Waals surface area contributed by atoms with Crippen LogP contribution >= 0.6 is 11.6 Å². The normalized spacial score (nSPS) is 12.8. The van der Waals surface area contributed by atoms with Crippen LogP contribution in [0.1, 0.15) is 5.56 Å². The molecule has 0 fully saturated rings. The number of hydrogen-bond acceptors (Lipinski definition) is 5. The predicted octanol–water partition coefficient (Wildman–Crippen LogP) is 2.34. The molecule has 0 unspecified atom stereocenters. The van der Waals surface area contributed by atoms with E-state index in [-0.39, 0.29) is 25.1 Å². The molecule has 2 aromatic rings. The lowest BCUT2D eigenvalue weighted by Gasteiger charge is -2.06. The van der Waals surface area contributed by atoms with Gasteiger partial charge in [0.1, 0.15) is 0 Å². The molecule has 0 atom stereocenters. The molecule has 0 aromatic heterocycles. The maximum absolute atomic E-state index is 11.8. The van der Waals surface area contributed by atoms with E-state index in [0.717, 1.165) is 0 Å². The van der Waals surface area contributed by atoms with Crippen molar-refractivity contribution < 1.29 is 19.1 Å². The number of nitrogens with one attached hydrogen (secondary N) is 1. The van der Waals surface area contributed by atoms with E-state index < -0.39 is 0 Å². The summed E-state index contributed by atoms with van der Waals surface area (Å²) in [5.74, 6) is 1.01. The van der Waals surface area contributed by atoms with Crippen LogP contribution in [0.3, 0.4) is 0 Å². The maximum Gasteiger partial charge on any atom is 0.265 e. The summed E-state index contributed by atoms with van der Waals surface area (Å²) in [5, 5.41) is 6.97. The molecule has 0 bridgehead atoms. The molecule has 8 heteroatoms. The third-order valence-corrected chi connectivity index (χ3v) is 3.41. The van der Waals surface area contributed by atoms with E-state index in [1.54, 1.807) is 42.5 Å². The SMILES string of the molecule is NC(=NOCC(=O)Nc1ccc2c(c1)OCO2)c1ccc(Cl)cc1. The Morgan fingerprint density at radius 2 is 1.96 bits per heavy atom. The Morgan fingerprint density at radius 1 is 1.21 bits per heavy atom. The van der Waals surface area contributed by atoms with Crippen LogP contribution in [0.5, 0.6) is 11.5 Å².